The zero-order chi connectivity index (χ0) is 17.1. The van der Waals surface area contributed by atoms with Gasteiger partial charge >= 0.3 is 6.03 Å². The fraction of sp³-hybridized carbons (Fsp3) is 0.444. The molecule has 1 aromatic carbocycles. The number of likely N-dealkylation sites (tertiary alicyclic amines) is 1. The van der Waals surface area contributed by atoms with Crippen molar-refractivity contribution in [1.29, 1.82) is 0 Å². The molecule has 2 N–H and O–H groups in total. The fourth-order valence-electron chi connectivity index (χ4n) is 2.93. The first kappa shape index (κ1) is 16.5. The number of hydrogen-bond donors (Lipinski definition) is 2. The Bertz CT molecular complexity index is 718. The molecule has 6 nitrogen and oxygen atoms in total. The lowest BCUT2D eigenvalue weighted by Crippen LogP contribution is -2.41. The Hall–Kier alpha value is -2.34. The van der Waals surface area contributed by atoms with Gasteiger partial charge in [-0.3, -0.25) is 0 Å². The Labute approximate surface area is 141 Å². The number of piperidine rings is 1. The summed E-state index contributed by atoms with van der Waals surface area (Å²) in [7, 11) is 0. The van der Waals surface area contributed by atoms with E-state index >= 15 is 0 Å². The number of oxazole rings is 1. The molecule has 2 heterocycles. The van der Waals surface area contributed by atoms with E-state index in [0.29, 0.717) is 24.9 Å². The topological polar surface area (TPSA) is 78.6 Å². The molecule has 0 bridgehead atoms. The smallest absolute Gasteiger partial charge is 0.321 e. The van der Waals surface area contributed by atoms with Crippen LogP contribution in [0.3, 0.4) is 0 Å². The SMILES string of the molecule is Cc1coc(-c2cc(NC(=O)N3CCC(CO)CC3)ccc2C)n1. The highest BCUT2D eigenvalue weighted by atomic mass is 16.3. The van der Waals surface area contributed by atoms with Crippen LogP contribution in [0.25, 0.3) is 11.5 Å². The summed E-state index contributed by atoms with van der Waals surface area (Å²) in [5.41, 5.74) is 3.46. The van der Waals surface area contributed by atoms with Gasteiger partial charge in [0.15, 0.2) is 0 Å². The summed E-state index contributed by atoms with van der Waals surface area (Å²) in [5.74, 6) is 0.873. The van der Waals surface area contributed by atoms with Crippen LogP contribution in [0.15, 0.2) is 28.9 Å². The maximum atomic E-state index is 12.4. The van der Waals surface area contributed by atoms with Gasteiger partial charge < -0.3 is 19.7 Å². The van der Waals surface area contributed by atoms with Crippen LogP contribution in [0.1, 0.15) is 24.1 Å². The van der Waals surface area contributed by atoms with Crippen LogP contribution in [0.2, 0.25) is 0 Å². The van der Waals surface area contributed by atoms with Gasteiger partial charge in [0.2, 0.25) is 5.89 Å². The molecule has 0 radical (unpaired) electrons. The number of nitrogens with zero attached hydrogens (tertiary/aromatic N) is 2. The van der Waals surface area contributed by atoms with Crippen molar-refractivity contribution in [3.63, 3.8) is 0 Å². The van der Waals surface area contributed by atoms with Crippen molar-refractivity contribution in [2.75, 3.05) is 25.0 Å². The van der Waals surface area contributed by atoms with E-state index in [1.165, 1.54) is 0 Å². The summed E-state index contributed by atoms with van der Waals surface area (Å²) in [6.07, 6.45) is 3.31. The zero-order valence-electron chi connectivity index (χ0n) is 14.1. The van der Waals surface area contributed by atoms with Crippen molar-refractivity contribution in [3.05, 3.63) is 35.7 Å². The predicted molar refractivity (Wildman–Crippen MR) is 91.8 cm³/mol. The minimum atomic E-state index is -0.107. The fourth-order valence-corrected chi connectivity index (χ4v) is 2.93. The third-order valence-electron chi connectivity index (χ3n) is 4.50. The largest absolute Gasteiger partial charge is 0.444 e. The van der Waals surface area contributed by atoms with Gasteiger partial charge in [-0.25, -0.2) is 9.78 Å². The third kappa shape index (κ3) is 3.59. The Morgan fingerprint density at radius 3 is 2.75 bits per heavy atom. The molecule has 128 valence electrons. The lowest BCUT2D eigenvalue weighted by Gasteiger charge is -2.31. The highest BCUT2D eigenvalue weighted by Gasteiger charge is 2.22. The van der Waals surface area contributed by atoms with E-state index in [9.17, 15) is 9.90 Å². The lowest BCUT2D eigenvalue weighted by molar-refractivity contribution is 0.143. The Morgan fingerprint density at radius 2 is 2.12 bits per heavy atom. The highest BCUT2D eigenvalue weighted by Crippen LogP contribution is 2.26. The zero-order valence-corrected chi connectivity index (χ0v) is 14.1. The molecule has 1 aliphatic heterocycles. The molecular formula is C18H23N3O3. The number of aromatic nitrogens is 1. The van der Waals surface area contributed by atoms with E-state index in [1.54, 1.807) is 11.2 Å². The number of amides is 2. The van der Waals surface area contributed by atoms with Crippen LogP contribution in [-0.4, -0.2) is 40.7 Å². The Balaban J connectivity index is 1.70. The van der Waals surface area contributed by atoms with Gasteiger partial charge in [0, 0.05) is 30.9 Å². The normalized spacial score (nSPS) is 15.5. The number of nitrogens with one attached hydrogen (secondary N) is 1. The first-order chi connectivity index (χ1) is 11.6. The number of aryl methyl sites for hydroxylation is 2. The van der Waals surface area contributed by atoms with Crippen LogP contribution in [0.4, 0.5) is 10.5 Å². The average molecular weight is 329 g/mol. The monoisotopic (exact) mass is 329 g/mol. The molecule has 1 aliphatic rings. The van der Waals surface area contributed by atoms with E-state index in [0.717, 1.165) is 35.3 Å². The van der Waals surface area contributed by atoms with Crippen molar-refractivity contribution >= 4 is 11.7 Å². The molecule has 1 fully saturated rings. The molecule has 1 aromatic heterocycles. The molecule has 0 unspecified atom stereocenters. The van der Waals surface area contributed by atoms with E-state index < -0.39 is 0 Å². The summed E-state index contributed by atoms with van der Waals surface area (Å²) in [6.45, 7) is 5.42. The first-order valence-electron chi connectivity index (χ1n) is 8.26. The highest BCUT2D eigenvalue weighted by molar-refractivity contribution is 5.90. The van der Waals surface area contributed by atoms with E-state index in [-0.39, 0.29) is 12.6 Å². The molecule has 0 aliphatic carbocycles. The van der Waals surface area contributed by atoms with Gasteiger partial charge in [-0.2, -0.15) is 0 Å². The van der Waals surface area contributed by atoms with Crippen molar-refractivity contribution < 1.29 is 14.3 Å². The van der Waals surface area contributed by atoms with Crippen molar-refractivity contribution in [3.8, 4) is 11.5 Å². The maximum absolute atomic E-state index is 12.4. The third-order valence-corrected chi connectivity index (χ3v) is 4.50. The van der Waals surface area contributed by atoms with Crippen molar-refractivity contribution in [2.45, 2.75) is 26.7 Å². The summed E-state index contributed by atoms with van der Waals surface area (Å²) in [6, 6.07) is 5.61. The molecule has 0 atom stereocenters. The summed E-state index contributed by atoms with van der Waals surface area (Å²) >= 11 is 0. The van der Waals surface area contributed by atoms with Gasteiger partial charge in [0.05, 0.1) is 5.69 Å². The molecule has 3 rings (SSSR count). The predicted octanol–water partition coefficient (Wildman–Crippen LogP) is 3.19. The summed E-state index contributed by atoms with van der Waals surface area (Å²) in [4.78, 5) is 18.6. The lowest BCUT2D eigenvalue weighted by atomic mass is 9.98. The second kappa shape index (κ2) is 7.05. The van der Waals surface area contributed by atoms with Crippen LogP contribution < -0.4 is 5.32 Å². The second-order valence-corrected chi connectivity index (χ2v) is 6.37. The number of benzene rings is 1. The van der Waals surface area contributed by atoms with Crippen molar-refractivity contribution in [1.82, 2.24) is 9.88 Å². The molecule has 2 amide bonds. The molecule has 6 heteroatoms. The van der Waals surface area contributed by atoms with Gasteiger partial charge in [0.25, 0.3) is 0 Å². The van der Waals surface area contributed by atoms with Crippen LogP contribution in [-0.2, 0) is 0 Å². The number of carbonyl (C=O) groups is 1. The van der Waals surface area contributed by atoms with Crippen LogP contribution in [0, 0.1) is 19.8 Å². The summed E-state index contributed by atoms with van der Waals surface area (Å²) in [5, 5.41) is 12.1. The molecule has 0 spiro atoms. The van der Waals surface area contributed by atoms with E-state index in [4.69, 9.17) is 4.42 Å². The van der Waals surface area contributed by atoms with Gasteiger partial charge in [-0.1, -0.05) is 6.07 Å². The van der Waals surface area contributed by atoms with Crippen LogP contribution in [0.5, 0.6) is 0 Å². The maximum Gasteiger partial charge on any atom is 0.321 e. The van der Waals surface area contributed by atoms with E-state index in [1.807, 2.05) is 32.0 Å². The van der Waals surface area contributed by atoms with Gasteiger partial charge in [-0.05, 0) is 50.3 Å². The standard InChI is InChI=1S/C18H23N3O3/c1-12-3-4-15(9-16(12)17-19-13(2)11-24-17)20-18(23)21-7-5-14(10-22)6-8-21/h3-4,9,11,14,22H,5-8,10H2,1-2H3,(H,20,23). The minimum absolute atomic E-state index is 0.107. The second-order valence-electron chi connectivity index (χ2n) is 6.37. The Morgan fingerprint density at radius 1 is 1.38 bits per heavy atom. The molecule has 24 heavy (non-hydrogen) atoms. The van der Waals surface area contributed by atoms with Gasteiger partial charge in [0.1, 0.15) is 6.26 Å². The Kier molecular flexibility index (Phi) is 4.85. The number of aliphatic hydroxyl groups excluding tert-OH is 1. The quantitative estimate of drug-likeness (QED) is 0.906. The van der Waals surface area contributed by atoms with Crippen LogP contribution >= 0.6 is 0 Å². The summed E-state index contributed by atoms with van der Waals surface area (Å²) < 4.78 is 5.47. The van der Waals surface area contributed by atoms with Crippen molar-refractivity contribution in [2.24, 2.45) is 5.92 Å². The number of carbonyl (C=O) groups excluding carboxylic acids is 1. The van der Waals surface area contributed by atoms with E-state index in [2.05, 4.69) is 10.3 Å². The minimum Gasteiger partial charge on any atom is -0.444 e. The number of hydrogen-bond acceptors (Lipinski definition) is 4. The van der Waals surface area contributed by atoms with Gasteiger partial charge in [-0.15, -0.1) is 0 Å². The average Bonchev–Trinajstić information content (AvgIpc) is 3.03. The number of anilines is 1. The number of rotatable bonds is 3. The number of urea groups is 1. The first-order valence-corrected chi connectivity index (χ1v) is 8.26. The molecule has 2 aromatic rings. The molecular weight excluding hydrogens is 306 g/mol. The molecule has 1 saturated heterocycles. The number of aliphatic hydroxyl groups is 1. The molecule has 0 saturated carbocycles.